The van der Waals surface area contributed by atoms with Crippen molar-refractivity contribution in [1.82, 2.24) is 10.3 Å². The van der Waals surface area contributed by atoms with E-state index in [9.17, 15) is 4.39 Å². The van der Waals surface area contributed by atoms with Crippen molar-refractivity contribution >= 4 is 11.3 Å². The molecule has 2 aromatic rings. The predicted molar refractivity (Wildman–Crippen MR) is 87.5 cm³/mol. The van der Waals surface area contributed by atoms with Crippen molar-refractivity contribution in [2.45, 2.75) is 45.6 Å². The molecule has 0 saturated carbocycles. The fourth-order valence-electron chi connectivity index (χ4n) is 2.14. The normalized spacial score (nSPS) is 13.4. The number of hydrogen-bond donors (Lipinski definition) is 1. The van der Waals surface area contributed by atoms with Gasteiger partial charge in [0.25, 0.3) is 0 Å². The van der Waals surface area contributed by atoms with Gasteiger partial charge in [0.2, 0.25) is 0 Å². The Bertz CT molecular complexity index is 613. The Hall–Kier alpha value is -1.26. The Kier molecular flexibility index (Phi) is 4.79. The van der Waals surface area contributed by atoms with E-state index in [1.54, 1.807) is 24.3 Å². The maximum Gasteiger partial charge on any atom is 0.126 e. The number of nitrogens with one attached hydrogen (secondary N) is 1. The van der Waals surface area contributed by atoms with Gasteiger partial charge in [-0.15, -0.1) is 11.3 Å². The Morgan fingerprint density at radius 1 is 1.33 bits per heavy atom. The van der Waals surface area contributed by atoms with Gasteiger partial charge in [-0.2, -0.15) is 0 Å². The molecule has 0 amide bonds. The highest BCUT2D eigenvalue weighted by atomic mass is 32.1. The third-order valence-corrected chi connectivity index (χ3v) is 4.52. The van der Waals surface area contributed by atoms with Gasteiger partial charge in [0.1, 0.15) is 5.82 Å². The van der Waals surface area contributed by atoms with E-state index in [1.807, 2.05) is 19.2 Å². The van der Waals surface area contributed by atoms with Crippen LogP contribution >= 0.6 is 11.3 Å². The summed E-state index contributed by atoms with van der Waals surface area (Å²) >= 11 is 1.68. The Labute approximate surface area is 130 Å². The third-order valence-electron chi connectivity index (χ3n) is 3.65. The minimum absolute atomic E-state index is 0.0693. The minimum Gasteiger partial charge on any atom is -0.313 e. The maximum absolute atomic E-state index is 13.7. The molecule has 1 aromatic carbocycles. The molecule has 0 spiro atoms. The molecule has 0 bridgehead atoms. The summed E-state index contributed by atoms with van der Waals surface area (Å²) in [5, 5.41) is 6.47. The van der Waals surface area contributed by atoms with Gasteiger partial charge in [0.15, 0.2) is 0 Å². The van der Waals surface area contributed by atoms with Gasteiger partial charge in [-0.3, -0.25) is 0 Å². The van der Waals surface area contributed by atoms with Crippen LogP contribution in [0.5, 0.6) is 0 Å². The monoisotopic (exact) mass is 306 g/mol. The minimum atomic E-state index is -0.151. The average Bonchev–Trinajstić information content (AvgIpc) is 2.88. The standard InChI is InChI=1S/C17H23FN2S/c1-11-6-7-12(8-13(11)18)14(19-5)9-16-20-15(10-21-16)17(2,3)4/h6-8,10,14,19H,9H2,1-5H3. The largest absolute Gasteiger partial charge is 0.313 e. The number of hydrogen-bond acceptors (Lipinski definition) is 3. The van der Waals surface area contributed by atoms with Crippen molar-refractivity contribution in [3.05, 3.63) is 51.2 Å². The molecule has 21 heavy (non-hydrogen) atoms. The van der Waals surface area contributed by atoms with Crippen LogP contribution in [-0.4, -0.2) is 12.0 Å². The maximum atomic E-state index is 13.7. The summed E-state index contributed by atoms with van der Waals surface area (Å²) in [6, 6.07) is 5.52. The highest BCUT2D eigenvalue weighted by Crippen LogP contribution is 2.27. The number of aryl methyl sites for hydroxylation is 1. The number of thiazole rings is 1. The van der Waals surface area contributed by atoms with E-state index in [4.69, 9.17) is 4.98 Å². The van der Waals surface area contributed by atoms with Gasteiger partial charge in [0.05, 0.1) is 10.7 Å². The van der Waals surface area contributed by atoms with Crippen molar-refractivity contribution < 1.29 is 4.39 Å². The SMILES string of the molecule is CNC(Cc1nc(C(C)(C)C)cs1)c1ccc(C)c(F)c1. The molecule has 1 unspecified atom stereocenters. The lowest BCUT2D eigenvalue weighted by Crippen LogP contribution is -2.19. The van der Waals surface area contributed by atoms with Gasteiger partial charge < -0.3 is 5.32 Å². The van der Waals surface area contributed by atoms with Gasteiger partial charge in [-0.25, -0.2) is 9.37 Å². The fraction of sp³-hybridized carbons (Fsp3) is 0.471. The molecule has 0 fully saturated rings. The summed E-state index contributed by atoms with van der Waals surface area (Å²) in [5.74, 6) is -0.151. The van der Waals surface area contributed by atoms with Crippen molar-refractivity contribution in [2.24, 2.45) is 0 Å². The first kappa shape index (κ1) is 16.1. The molecule has 1 atom stereocenters. The molecule has 2 rings (SSSR count). The molecule has 0 radical (unpaired) electrons. The van der Waals surface area contributed by atoms with Gasteiger partial charge in [-0.1, -0.05) is 32.9 Å². The highest BCUT2D eigenvalue weighted by molar-refractivity contribution is 7.09. The summed E-state index contributed by atoms with van der Waals surface area (Å²) in [4.78, 5) is 4.72. The summed E-state index contributed by atoms with van der Waals surface area (Å²) < 4.78 is 13.7. The number of likely N-dealkylation sites (N-methyl/N-ethyl adjacent to an activating group) is 1. The van der Waals surface area contributed by atoms with E-state index in [0.717, 1.165) is 22.7 Å². The Morgan fingerprint density at radius 3 is 2.57 bits per heavy atom. The van der Waals surface area contributed by atoms with Crippen LogP contribution < -0.4 is 5.32 Å². The molecule has 0 aliphatic carbocycles. The van der Waals surface area contributed by atoms with E-state index in [2.05, 4.69) is 31.5 Å². The van der Waals surface area contributed by atoms with Crippen molar-refractivity contribution in [1.29, 1.82) is 0 Å². The molecule has 1 N–H and O–H groups in total. The first-order chi connectivity index (χ1) is 9.81. The quantitative estimate of drug-likeness (QED) is 0.906. The molecular formula is C17H23FN2S. The van der Waals surface area contributed by atoms with Crippen LogP contribution in [0.15, 0.2) is 23.6 Å². The fourth-order valence-corrected chi connectivity index (χ4v) is 3.20. The smallest absolute Gasteiger partial charge is 0.126 e. The summed E-state index contributed by atoms with van der Waals surface area (Å²) in [6.45, 7) is 8.27. The van der Waals surface area contributed by atoms with Crippen LogP contribution in [0.2, 0.25) is 0 Å². The summed E-state index contributed by atoms with van der Waals surface area (Å²) in [7, 11) is 1.90. The lowest BCUT2D eigenvalue weighted by molar-refractivity contribution is 0.556. The average molecular weight is 306 g/mol. The predicted octanol–water partition coefficient (Wildman–Crippen LogP) is 4.39. The van der Waals surface area contributed by atoms with E-state index < -0.39 is 0 Å². The molecule has 0 aliphatic rings. The molecule has 0 aliphatic heterocycles. The molecule has 0 saturated heterocycles. The highest BCUT2D eigenvalue weighted by Gasteiger charge is 2.19. The second kappa shape index (κ2) is 6.24. The molecular weight excluding hydrogens is 283 g/mol. The van der Waals surface area contributed by atoms with Gasteiger partial charge in [-0.05, 0) is 31.2 Å². The van der Waals surface area contributed by atoms with Gasteiger partial charge in [0, 0.05) is 23.3 Å². The van der Waals surface area contributed by atoms with E-state index in [0.29, 0.717) is 5.56 Å². The number of rotatable bonds is 4. The van der Waals surface area contributed by atoms with Crippen LogP contribution in [0.4, 0.5) is 4.39 Å². The second-order valence-corrected chi connectivity index (χ2v) is 7.37. The second-order valence-electron chi connectivity index (χ2n) is 6.43. The number of benzene rings is 1. The van der Waals surface area contributed by atoms with Crippen molar-refractivity contribution in [2.75, 3.05) is 7.05 Å². The molecule has 4 heteroatoms. The summed E-state index contributed by atoms with van der Waals surface area (Å²) in [6.07, 6.45) is 0.778. The van der Waals surface area contributed by atoms with Crippen LogP contribution in [0.25, 0.3) is 0 Å². The first-order valence-electron chi connectivity index (χ1n) is 7.19. The number of halogens is 1. The van der Waals surface area contributed by atoms with Crippen LogP contribution in [0.3, 0.4) is 0 Å². The molecule has 1 aromatic heterocycles. The Balaban J connectivity index is 2.19. The molecule has 1 heterocycles. The van der Waals surface area contributed by atoms with Crippen LogP contribution in [0, 0.1) is 12.7 Å². The van der Waals surface area contributed by atoms with E-state index in [-0.39, 0.29) is 17.3 Å². The van der Waals surface area contributed by atoms with Crippen LogP contribution in [0.1, 0.15) is 48.6 Å². The Morgan fingerprint density at radius 2 is 2.05 bits per heavy atom. The van der Waals surface area contributed by atoms with Crippen LogP contribution in [-0.2, 0) is 11.8 Å². The van der Waals surface area contributed by atoms with E-state index in [1.165, 1.54) is 0 Å². The number of nitrogens with zero attached hydrogens (tertiary/aromatic N) is 1. The zero-order valence-corrected chi connectivity index (χ0v) is 14.1. The van der Waals surface area contributed by atoms with Gasteiger partial charge >= 0.3 is 0 Å². The lowest BCUT2D eigenvalue weighted by Gasteiger charge is -2.17. The topological polar surface area (TPSA) is 24.9 Å². The third kappa shape index (κ3) is 3.89. The summed E-state index contributed by atoms with van der Waals surface area (Å²) in [5.41, 5.74) is 2.83. The first-order valence-corrected chi connectivity index (χ1v) is 8.07. The van der Waals surface area contributed by atoms with E-state index >= 15 is 0 Å². The molecule has 114 valence electrons. The number of aromatic nitrogens is 1. The van der Waals surface area contributed by atoms with Crippen molar-refractivity contribution in [3.63, 3.8) is 0 Å². The zero-order valence-electron chi connectivity index (χ0n) is 13.3. The zero-order chi connectivity index (χ0) is 15.6. The van der Waals surface area contributed by atoms with Crippen molar-refractivity contribution in [3.8, 4) is 0 Å². The lowest BCUT2D eigenvalue weighted by atomic mass is 9.93. The molecule has 2 nitrogen and oxygen atoms in total.